The van der Waals surface area contributed by atoms with E-state index in [0.29, 0.717) is 13.2 Å². The highest BCUT2D eigenvalue weighted by molar-refractivity contribution is 5.96. The predicted octanol–water partition coefficient (Wildman–Crippen LogP) is 1.93. The molecule has 1 fully saturated rings. The maximum absolute atomic E-state index is 13.8. The normalized spacial score (nSPS) is 18.0. The Bertz CT molecular complexity index is 702. The van der Waals surface area contributed by atoms with E-state index in [1.807, 2.05) is 0 Å². The summed E-state index contributed by atoms with van der Waals surface area (Å²) in [7, 11) is 0. The van der Waals surface area contributed by atoms with E-state index in [1.54, 1.807) is 12.1 Å². The lowest BCUT2D eigenvalue weighted by Crippen LogP contribution is -2.49. The Labute approximate surface area is 131 Å². The van der Waals surface area contributed by atoms with Gasteiger partial charge in [-0.3, -0.25) is 14.6 Å². The number of carbonyl (C=O) groups is 2. The van der Waals surface area contributed by atoms with Gasteiger partial charge in [0, 0.05) is 19.2 Å². The van der Waals surface area contributed by atoms with Crippen molar-refractivity contribution in [2.24, 2.45) is 0 Å². The third-order valence-corrected chi connectivity index (χ3v) is 3.71. The number of aromatic nitrogens is 1. The van der Waals surface area contributed by atoms with Gasteiger partial charge in [0.25, 0.3) is 5.91 Å². The minimum atomic E-state index is -0.680. The van der Waals surface area contributed by atoms with Crippen molar-refractivity contribution < 1.29 is 23.1 Å². The Kier molecular flexibility index (Phi) is 4.47. The number of pyridine rings is 1. The molecular weight excluding hydrogens is 303 g/mol. The average Bonchev–Trinajstić information content (AvgIpc) is 3.10. The number of morpholine rings is 1. The van der Waals surface area contributed by atoms with E-state index in [2.05, 4.69) is 4.98 Å². The molecule has 7 heteroatoms. The van der Waals surface area contributed by atoms with Crippen LogP contribution in [0.3, 0.4) is 0 Å². The quantitative estimate of drug-likeness (QED) is 0.805. The zero-order chi connectivity index (χ0) is 16.2. The Hall–Kier alpha value is -2.54. The number of ether oxygens (including phenoxy) is 1. The molecule has 2 aromatic rings. The van der Waals surface area contributed by atoms with Crippen molar-refractivity contribution in [1.82, 2.24) is 9.88 Å². The first-order valence-electron chi connectivity index (χ1n) is 7.21. The van der Waals surface area contributed by atoms with Crippen molar-refractivity contribution in [3.05, 3.63) is 54.0 Å². The summed E-state index contributed by atoms with van der Waals surface area (Å²) < 4.78 is 24.2. The van der Waals surface area contributed by atoms with Crippen LogP contribution >= 0.6 is 0 Å². The SMILES string of the molecule is O=C(CC1COCCN1C(=O)c1ccncc1F)c1ccco1. The Morgan fingerprint density at radius 1 is 1.39 bits per heavy atom. The number of ketones is 1. The van der Waals surface area contributed by atoms with Crippen molar-refractivity contribution in [2.75, 3.05) is 19.8 Å². The van der Waals surface area contributed by atoms with Gasteiger partial charge in [-0.05, 0) is 18.2 Å². The molecule has 0 saturated carbocycles. The largest absolute Gasteiger partial charge is 0.461 e. The fourth-order valence-corrected chi connectivity index (χ4v) is 2.55. The standard InChI is InChI=1S/C16H15FN2O4/c17-13-9-18-4-3-12(13)16(21)19-5-7-22-10-11(19)8-14(20)15-2-1-6-23-15/h1-4,6,9,11H,5,7-8,10H2. The van der Waals surface area contributed by atoms with Gasteiger partial charge in [0.15, 0.2) is 17.4 Å². The van der Waals surface area contributed by atoms with Gasteiger partial charge in [0.1, 0.15) is 0 Å². The maximum Gasteiger partial charge on any atom is 0.257 e. The van der Waals surface area contributed by atoms with Gasteiger partial charge in [0.05, 0.1) is 37.3 Å². The van der Waals surface area contributed by atoms with Gasteiger partial charge in [-0.25, -0.2) is 4.39 Å². The lowest BCUT2D eigenvalue weighted by Gasteiger charge is -2.35. The van der Waals surface area contributed by atoms with Gasteiger partial charge in [-0.1, -0.05) is 0 Å². The molecule has 6 nitrogen and oxygen atoms in total. The fraction of sp³-hybridized carbons (Fsp3) is 0.312. The summed E-state index contributed by atoms with van der Waals surface area (Å²) in [6.45, 7) is 0.880. The zero-order valence-corrected chi connectivity index (χ0v) is 12.3. The van der Waals surface area contributed by atoms with Crippen LogP contribution in [0, 0.1) is 5.82 Å². The summed E-state index contributed by atoms with van der Waals surface area (Å²) >= 11 is 0. The summed E-state index contributed by atoms with van der Waals surface area (Å²) in [4.78, 5) is 29.9. The van der Waals surface area contributed by atoms with E-state index in [-0.39, 0.29) is 30.1 Å². The van der Waals surface area contributed by atoms with Gasteiger partial charge in [-0.2, -0.15) is 0 Å². The molecule has 120 valence electrons. The fourth-order valence-electron chi connectivity index (χ4n) is 2.55. The number of nitrogens with zero attached hydrogens (tertiary/aromatic N) is 2. The molecule has 3 heterocycles. The number of hydrogen-bond acceptors (Lipinski definition) is 5. The molecule has 23 heavy (non-hydrogen) atoms. The first-order chi connectivity index (χ1) is 11.2. The van der Waals surface area contributed by atoms with E-state index >= 15 is 0 Å². The highest BCUT2D eigenvalue weighted by Crippen LogP contribution is 2.18. The number of furan rings is 1. The van der Waals surface area contributed by atoms with Crippen molar-refractivity contribution in [3.8, 4) is 0 Å². The third-order valence-electron chi connectivity index (χ3n) is 3.71. The van der Waals surface area contributed by atoms with Gasteiger partial charge in [-0.15, -0.1) is 0 Å². The predicted molar refractivity (Wildman–Crippen MR) is 77.5 cm³/mol. The minimum absolute atomic E-state index is 0.0580. The molecule has 0 aromatic carbocycles. The maximum atomic E-state index is 13.8. The van der Waals surface area contributed by atoms with Gasteiger partial charge in [0.2, 0.25) is 0 Å². The number of Topliss-reactive ketones (excluding diaryl/α,β-unsaturated/α-hetero) is 1. The molecule has 1 amide bonds. The summed E-state index contributed by atoms with van der Waals surface area (Å²) in [6.07, 6.45) is 3.84. The number of hydrogen-bond donors (Lipinski definition) is 0. The zero-order valence-electron chi connectivity index (χ0n) is 12.3. The van der Waals surface area contributed by atoms with Gasteiger partial charge < -0.3 is 14.1 Å². The van der Waals surface area contributed by atoms with Crippen molar-refractivity contribution in [2.45, 2.75) is 12.5 Å². The van der Waals surface area contributed by atoms with E-state index in [1.165, 1.54) is 23.4 Å². The molecule has 0 N–H and O–H groups in total. The third kappa shape index (κ3) is 3.29. The lowest BCUT2D eigenvalue weighted by molar-refractivity contribution is -0.00326. The molecule has 0 aliphatic carbocycles. The van der Waals surface area contributed by atoms with Crippen LogP contribution in [0.15, 0.2) is 41.3 Å². The van der Waals surface area contributed by atoms with Crippen LogP contribution in [0.4, 0.5) is 4.39 Å². The summed E-state index contributed by atoms with van der Waals surface area (Å²) in [5, 5.41) is 0. The number of carbonyl (C=O) groups excluding carboxylic acids is 2. The van der Waals surface area contributed by atoms with Crippen LogP contribution in [0.25, 0.3) is 0 Å². The van der Waals surface area contributed by atoms with Crippen LogP contribution in [-0.4, -0.2) is 47.4 Å². The molecule has 0 bridgehead atoms. The molecule has 1 atom stereocenters. The molecular formula is C16H15FN2O4. The van der Waals surface area contributed by atoms with Gasteiger partial charge >= 0.3 is 0 Å². The van der Waals surface area contributed by atoms with E-state index in [4.69, 9.17) is 9.15 Å². The molecule has 3 rings (SSSR count). The van der Waals surface area contributed by atoms with E-state index in [9.17, 15) is 14.0 Å². The van der Waals surface area contributed by atoms with Crippen LogP contribution in [0.1, 0.15) is 27.3 Å². The molecule has 0 radical (unpaired) electrons. The van der Waals surface area contributed by atoms with Crippen LogP contribution in [0.5, 0.6) is 0 Å². The summed E-state index contributed by atoms with van der Waals surface area (Å²) in [6, 6.07) is 4.07. The second-order valence-electron chi connectivity index (χ2n) is 5.19. The van der Waals surface area contributed by atoms with E-state index < -0.39 is 17.8 Å². The summed E-state index contributed by atoms with van der Waals surface area (Å²) in [5.41, 5.74) is -0.0580. The van der Waals surface area contributed by atoms with E-state index in [0.717, 1.165) is 6.20 Å². The topological polar surface area (TPSA) is 72.6 Å². The summed E-state index contributed by atoms with van der Waals surface area (Å²) in [5.74, 6) is -1.14. The number of halogens is 1. The molecule has 0 spiro atoms. The molecule has 2 aromatic heterocycles. The Balaban J connectivity index is 1.77. The monoisotopic (exact) mass is 318 g/mol. The minimum Gasteiger partial charge on any atom is -0.461 e. The average molecular weight is 318 g/mol. The van der Waals surface area contributed by atoms with Crippen LogP contribution in [0.2, 0.25) is 0 Å². The van der Waals surface area contributed by atoms with Crippen molar-refractivity contribution in [1.29, 1.82) is 0 Å². The number of amides is 1. The van der Waals surface area contributed by atoms with Crippen molar-refractivity contribution in [3.63, 3.8) is 0 Å². The first-order valence-corrected chi connectivity index (χ1v) is 7.21. The molecule has 1 aliphatic rings. The van der Waals surface area contributed by atoms with Crippen molar-refractivity contribution >= 4 is 11.7 Å². The first kappa shape index (κ1) is 15.4. The number of rotatable bonds is 4. The molecule has 1 saturated heterocycles. The van der Waals surface area contributed by atoms with Crippen LogP contribution < -0.4 is 0 Å². The highest BCUT2D eigenvalue weighted by atomic mass is 19.1. The highest BCUT2D eigenvalue weighted by Gasteiger charge is 2.31. The van der Waals surface area contributed by atoms with Crippen LogP contribution in [-0.2, 0) is 4.74 Å². The second kappa shape index (κ2) is 6.70. The smallest absolute Gasteiger partial charge is 0.257 e. The molecule has 1 aliphatic heterocycles. The Morgan fingerprint density at radius 3 is 3.00 bits per heavy atom. The second-order valence-corrected chi connectivity index (χ2v) is 5.19. The lowest BCUT2D eigenvalue weighted by atomic mass is 10.1. The Morgan fingerprint density at radius 2 is 2.26 bits per heavy atom. The molecule has 1 unspecified atom stereocenters.